The summed E-state index contributed by atoms with van der Waals surface area (Å²) < 4.78 is 26.8. The van der Waals surface area contributed by atoms with Crippen LogP contribution in [0.25, 0.3) is 0 Å². The number of hydrogen-bond donors (Lipinski definition) is 0. The molecule has 0 aromatic heterocycles. The lowest BCUT2D eigenvalue weighted by Crippen LogP contribution is -2.50. The van der Waals surface area contributed by atoms with Crippen LogP contribution in [-0.4, -0.2) is 71.0 Å². The number of benzene rings is 2. The molecule has 170 valence electrons. The van der Waals surface area contributed by atoms with Crippen LogP contribution in [0.1, 0.15) is 34.6 Å². The monoisotopic (exact) mass is 459 g/mol. The molecule has 0 unspecified atom stereocenters. The van der Waals surface area contributed by atoms with Gasteiger partial charge in [0.25, 0.3) is 5.91 Å². The number of nitrogens with zero attached hydrogens (tertiary/aromatic N) is 3. The number of thioether (sulfide) groups is 1. The average molecular weight is 460 g/mol. The maximum absolute atomic E-state index is 13.4. The summed E-state index contributed by atoms with van der Waals surface area (Å²) in [4.78, 5) is 31.4. The molecule has 32 heavy (non-hydrogen) atoms. The molecular formula is C24H27F2N3O2S. The third-order valence-corrected chi connectivity index (χ3v) is 7.70. The van der Waals surface area contributed by atoms with Crippen LogP contribution in [-0.2, 0) is 4.79 Å². The Bertz CT molecular complexity index is 964. The van der Waals surface area contributed by atoms with E-state index < -0.39 is 5.82 Å². The molecule has 2 saturated heterocycles. The maximum Gasteiger partial charge on any atom is 0.254 e. The minimum Gasteiger partial charge on any atom is -0.336 e. The van der Waals surface area contributed by atoms with Crippen molar-refractivity contribution in [3.05, 3.63) is 71.3 Å². The normalized spacial score (nSPS) is 21.9. The second kappa shape index (κ2) is 10.0. The van der Waals surface area contributed by atoms with Gasteiger partial charge >= 0.3 is 0 Å². The number of rotatable bonds is 6. The Morgan fingerprint density at radius 1 is 1.00 bits per heavy atom. The van der Waals surface area contributed by atoms with E-state index in [4.69, 9.17) is 0 Å². The summed E-state index contributed by atoms with van der Waals surface area (Å²) in [7, 11) is 0. The lowest BCUT2D eigenvalue weighted by molar-refractivity contribution is -0.130. The summed E-state index contributed by atoms with van der Waals surface area (Å²) in [6.07, 6.45) is 0.762. The van der Waals surface area contributed by atoms with E-state index in [1.165, 1.54) is 24.3 Å². The molecule has 8 heteroatoms. The zero-order valence-corrected chi connectivity index (χ0v) is 18.9. The van der Waals surface area contributed by atoms with Crippen molar-refractivity contribution in [2.75, 3.05) is 39.3 Å². The Labute approximate surface area is 191 Å². The van der Waals surface area contributed by atoms with E-state index in [1.807, 2.05) is 11.8 Å². The maximum atomic E-state index is 13.4. The fourth-order valence-electron chi connectivity index (χ4n) is 4.20. The third kappa shape index (κ3) is 4.96. The van der Waals surface area contributed by atoms with Gasteiger partial charge in [0.05, 0.1) is 5.25 Å². The molecule has 2 fully saturated rings. The minimum absolute atomic E-state index is 0.0780. The highest BCUT2D eigenvalue weighted by molar-refractivity contribution is 8.01. The number of hydrogen-bond acceptors (Lipinski definition) is 4. The summed E-state index contributed by atoms with van der Waals surface area (Å²) in [6, 6.07) is 12.2. The van der Waals surface area contributed by atoms with Gasteiger partial charge in [0.15, 0.2) is 0 Å². The van der Waals surface area contributed by atoms with Crippen LogP contribution in [0.15, 0.2) is 48.5 Å². The highest BCUT2D eigenvalue weighted by Crippen LogP contribution is 2.44. The second-order valence-electron chi connectivity index (χ2n) is 8.11. The van der Waals surface area contributed by atoms with Gasteiger partial charge in [-0.05, 0) is 42.3 Å². The summed E-state index contributed by atoms with van der Waals surface area (Å²) in [5, 5.41) is -0.185. The van der Waals surface area contributed by atoms with E-state index in [9.17, 15) is 18.4 Å². The van der Waals surface area contributed by atoms with Gasteiger partial charge in [0.1, 0.15) is 17.0 Å². The van der Waals surface area contributed by atoms with Crippen LogP contribution in [0.2, 0.25) is 0 Å². The molecule has 0 N–H and O–H groups in total. The van der Waals surface area contributed by atoms with Crippen molar-refractivity contribution in [1.82, 2.24) is 14.7 Å². The highest BCUT2D eigenvalue weighted by atomic mass is 32.2. The topological polar surface area (TPSA) is 43.9 Å². The molecule has 5 nitrogen and oxygen atoms in total. The van der Waals surface area contributed by atoms with Crippen molar-refractivity contribution in [3.8, 4) is 0 Å². The summed E-state index contributed by atoms with van der Waals surface area (Å²) in [5.74, 6) is -0.722. The number of amides is 2. The first-order valence-corrected chi connectivity index (χ1v) is 11.9. The first-order valence-electron chi connectivity index (χ1n) is 10.9. The number of halogens is 2. The van der Waals surface area contributed by atoms with Crippen LogP contribution in [0.3, 0.4) is 0 Å². The molecule has 2 aromatic carbocycles. The molecule has 0 spiro atoms. The predicted molar refractivity (Wildman–Crippen MR) is 121 cm³/mol. The van der Waals surface area contributed by atoms with Gasteiger partial charge in [-0.3, -0.25) is 14.5 Å². The minimum atomic E-state index is -0.413. The van der Waals surface area contributed by atoms with E-state index in [0.717, 1.165) is 12.0 Å². The van der Waals surface area contributed by atoms with Gasteiger partial charge in [-0.1, -0.05) is 25.1 Å². The first-order chi connectivity index (χ1) is 15.5. The molecule has 0 radical (unpaired) electrons. The smallest absolute Gasteiger partial charge is 0.254 e. The summed E-state index contributed by atoms with van der Waals surface area (Å²) >= 11 is 1.63. The highest BCUT2D eigenvalue weighted by Gasteiger charge is 2.40. The van der Waals surface area contributed by atoms with Crippen LogP contribution >= 0.6 is 11.8 Å². The van der Waals surface area contributed by atoms with Crippen molar-refractivity contribution >= 4 is 23.6 Å². The van der Waals surface area contributed by atoms with Gasteiger partial charge in [0.2, 0.25) is 5.91 Å². The number of carbonyl (C=O) groups excluding carboxylic acids is 2. The summed E-state index contributed by atoms with van der Waals surface area (Å²) in [6.45, 7) is 5.84. The number of piperazine rings is 1. The Balaban J connectivity index is 1.34. The zero-order valence-electron chi connectivity index (χ0n) is 18.0. The molecule has 0 aliphatic carbocycles. The fraction of sp³-hybridized carbons (Fsp3) is 0.417. The summed E-state index contributed by atoms with van der Waals surface area (Å²) in [5.41, 5.74) is 1.30. The average Bonchev–Trinajstić information content (AvgIpc) is 3.13. The molecule has 2 aliphatic rings. The van der Waals surface area contributed by atoms with Gasteiger partial charge < -0.3 is 9.80 Å². The molecule has 2 heterocycles. The lowest BCUT2D eigenvalue weighted by atomic mass is 10.1. The van der Waals surface area contributed by atoms with Crippen LogP contribution in [0.5, 0.6) is 0 Å². The molecule has 0 bridgehead atoms. The SMILES string of the molecule is CC[C@H]1S[C@@H](c2ccc(F)cc2)N(CCN2CCN(C(=O)c3cccc(F)c3)CC2)C1=O. The van der Waals surface area contributed by atoms with Gasteiger partial charge in [-0.15, -0.1) is 11.8 Å². The lowest BCUT2D eigenvalue weighted by Gasteiger charge is -2.36. The standard InChI is InChI=1S/C24H27F2N3O2S/c1-2-21-23(31)29(24(32-21)17-6-8-19(25)9-7-17)15-12-27-10-13-28(14-11-27)22(30)18-4-3-5-20(26)16-18/h3-9,16,21,24H,2,10-15H2,1H3/t21-,24+/m1/s1. The van der Waals surface area contributed by atoms with Crippen molar-refractivity contribution < 1.29 is 18.4 Å². The molecule has 0 saturated carbocycles. The van der Waals surface area contributed by atoms with Gasteiger partial charge in [-0.25, -0.2) is 8.78 Å². The predicted octanol–water partition coefficient (Wildman–Crippen LogP) is 3.78. The van der Waals surface area contributed by atoms with Crippen LogP contribution < -0.4 is 0 Å². The van der Waals surface area contributed by atoms with E-state index >= 15 is 0 Å². The van der Waals surface area contributed by atoms with E-state index in [1.54, 1.807) is 40.9 Å². The molecule has 2 atom stereocenters. The van der Waals surface area contributed by atoms with Gasteiger partial charge in [0, 0.05) is 44.8 Å². The quantitative estimate of drug-likeness (QED) is 0.660. The largest absolute Gasteiger partial charge is 0.336 e. The van der Waals surface area contributed by atoms with Crippen molar-refractivity contribution in [2.24, 2.45) is 0 Å². The fourth-order valence-corrected chi connectivity index (χ4v) is 5.63. The molecule has 4 rings (SSSR count). The molecule has 2 aromatic rings. The Hall–Kier alpha value is -2.45. The first kappa shape index (κ1) is 22.7. The Morgan fingerprint density at radius 3 is 2.38 bits per heavy atom. The molecular weight excluding hydrogens is 432 g/mol. The van der Waals surface area contributed by atoms with E-state index in [2.05, 4.69) is 4.90 Å². The van der Waals surface area contributed by atoms with Crippen molar-refractivity contribution in [2.45, 2.75) is 24.0 Å². The number of carbonyl (C=O) groups is 2. The third-order valence-electron chi connectivity index (χ3n) is 6.05. The molecule has 2 amide bonds. The van der Waals surface area contributed by atoms with Crippen molar-refractivity contribution in [1.29, 1.82) is 0 Å². The van der Waals surface area contributed by atoms with Gasteiger partial charge in [-0.2, -0.15) is 0 Å². The van der Waals surface area contributed by atoms with Crippen LogP contribution in [0.4, 0.5) is 8.78 Å². The van der Waals surface area contributed by atoms with Crippen molar-refractivity contribution in [3.63, 3.8) is 0 Å². The Morgan fingerprint density at radius 2 is 1.72 bits per heavy atom. The second-order valence-corrected chi connectivity index (χ2v) is 9.40. The van der Waals surface area contributed by atoms with E-state index in [0.29, 0.717) is 44.8 Å². The van der Waals surface area contributed by atoms with E-state index in [-0.39, 0.29) is 28.3 Å². The Kier molecular flexibility index (Phi) is 7.10. The van der Waals surface area contributed by atoms with Crippen LogP contribution in [0, 0.1) is 11.6 Å². The zero-order chi connectivity index (χ0) is 22.7. The molecule has 2 aliphatic heterocycles.